The van der Waals surface area contributed by atoms with Crippen LogP contribution in [0.5, 0.6) is 0 Å². The van der Waals surface area contributed by atoms with Gasteiger partial charge in [0.1, 0.15) is 0 Å². The molecule has 1 aliphatic heterocycles. The molecule has 0 unspecified atom stereocenters. The van der Waals surface area contributed by atoms with Crippen LogP contribution in [0.3, 0.4) is 0 Å². The molecule has 2 fully saturated rings. The fourth-order valence-electron chi connectivity index (χ4n) is 3.73. The van der Waals surface area contributed by atoms with E-state index in [0.717, 1.165) is 12.1 Å². The predicted octanol–water partition coefficient (Wildman–Crippen LogP) is 3.76. The van der Waals surface area contributed by atoms with Crippen LogP contribution in [0.4, 0.5) is 13.2 Å². The smallest absolute Gasteiger partial charge is 0.375 e. The molecule has 0 spiro atoms. The second-order valence-electron chi connectivity index (χ2n) is 7.23. The number of ether oxygens (including phenoxy) is 1. The molecule has 158 valence electrons. The van der Waals surface area contributed by atoms with Crippen LogP contribution in [0.25, 0.3) is 0 Å². The van der Waals surface area contributed by atoms with Crippen molar-refractivity contribution in [1.82, 2.24) is 0 Å². The zero-order valence-electron chi connectivity index (χ0n) is 14.8. The average molecular weight is 505 g/mol. The minimum atomic E-state index is -4.78. The van der Waals surface area contributed by atoms with Gasteiger partial charge in [-0.2, -0.15) is 13.2 Å². The number of halogens is 4. The molecule has 0 aromatic heterocycles. The Bertz CT molecular complexity index is 930. The molecule has 1 saturated carbocycles. The van der Waals surface area contributed by atoms with Crippen molar-refractivity contribution < 1.29 is 34.7 Å². The molecule has 5 nitrogen and oxygen atoms in total. The van der Waals surface area contributed by atoms with Crippen LogP contribution in [0.1, 0.15) is 37.7 Å². The lowest BCUT2D eigenvalue weighted by Gasteiger charge is -2.25. The Balaban J connectivity index is 1.73. The molecule has 1 aromatic carbocycles. The van der Waals surface area contributed by atoms with Crippen molar-refractivity contribution in [2.45, 2.75) is 60.6 Å². The third-order valence-corrected chi connectivity index (χ3v) is 9.70. The zero-order chi connectivity index (χ0) is 20.7. The van der Waals surface area contributed by atoms with Gasteiger partial charge in [0.15, 0.2) is 19.7 Å². The molecule has 1 aliphatic carbocycles. The van der Waals surface area contributed by atoms with Gasteiger partial charge >= 0.3 is 6.18 Å². The Morgan fingerprint density at radius 3 is 2.29 bits per heavy atom. The van der Waals surface area contributed by atoms with Crippen LogP contribution in [-0.4, -0.2) is 45.8 Å². The summed E-state index contributed by atoms with van der Waals surface area (Å²) in [5.41, 5.74) is -1.18. The predicted molar refractivity (Wildman–Crippen MR) is 101 cm³/mol. The first-order chi connectivity index (χ1) is 12.9. The summed E-state index contributed by atoms with van der Waals surface area (Å²) >= 11 is 2.95. The molecule has 11 heteroatoms. The van der Waals surface area contributed by atoms with Crippen molar-refractivity contribution >= 4 is 35.6 Å². The zero-order valence-corrected chi connectivity index (χ0v) is 18.0. The molecular formula is C17H20BrF3O5S2. The molecule has 2 atom stereocenters. The second kappa shape index (κ2) is 7.88. The fourth-order valence-corrected chi connectivity index (χ4v) is 7.56. The number of rotatable bonds is 4. The van der Waals surface area contributed by atoms with E-state index in [9.17, 15) is 30.0 Å². The van der Waals surface area contributed by atoms with Gasteiger partial charge in [0.2, 0.25) is 0 Å². The van der Waals surface area contributed by atoms with Gasteiger partial charge in [0.05, 0.1) is 39.4 Å². The second-order valence-corrected chi connectivity index (χ2v) is 12.6. The highest BCUT2D eigenvalue weighted by Gasteiger charge is 2.43. The van der Waals surface area contributed by atoms with E-state index >= 15 is 0 Å². The summed E-state index contributed by atoms with van der Waals surface area (Å²) in [7, 11) is -7.21. The monoisotopic (exact) mass is 504 g/mol. The molecule has 2 aliphatic rings. The van der Waals surface area contributed by atoms with Gasteiger partial charge in [0, 0.05) is 4.47 Å². The standard InChI is InChI=1S/C17H20BrF3O5S2/c18-11-1-4-16(15(9-11)17(19,20)21)28(24,25)14-3-2-13(10-14)26-12-5-7-27(22,23)8-6-12/h1,4,9,12-14H,2-3,5-8,10H2/t13-,14-/m1/s1. The number of alkyl halides is 3. The van der Waals surface area contributed by atoms with E-state index in [1.54, 1.807) is 0 Å². The minimum Gasteiger partial charge on any atom is -0.375 e. The van der Waals surface area contributed by atoms with Crippen LogP contribution in [-0.2, 0) is 30.6 Å². The highest BCUT2D eigenvalue weighted by molar-refractivity contribution is 9.10. The summed E-state index contributed by atoms with van der Waals surface area (Å²) in [6.45, 7) is 0. The quantitative estimate of drug-likeness (QED) is 0.623. The average Bonchev–Trinajstić information content (AvgIpc) is 3.05. The maximum absolute atomic E-state index is 13.3. The molecular weight excluding hydrogens is 485 g/mol. The maximum atomic E-state index is 13.3. The first-order valence-electron chi connectivity index (χ1n) is 8.85. The summed E-state index contributed by atoms with van der Waals surface area (Å²) in [4.78, 5) is -0.711. The van der Waals surface area contributed by atoms with Crippen molar-refractivity contribution in [2.24, 2.45) is 0 Å². The van der Waals surface area contributed by atoms with Crippen molar-refractivity contribution in [3.05, 3.63) is 28.2 Å². The third-order valence-electron chi connectivity index (χ3n) is 5.22. The normalized spacial score (nSPS) is 26.4. The fraction of sp³-hybridized carbons (Fsp3) is 0.647. The van der Waals surface area contributed by atoms with E-state index < -0.39 is 47.7 Å². The highest BCUT2D eigenvalue weighted by atomic mass is 79.9. The molecule has 0 amide bonds. The first-order valence-corrected chi connectivity index (χ1v) is 13.0. The van der Waals surface area contributed by atoms with Crippen LogP contribution in [0.2, 0.25) is 0 Å². The van der Waals surface area contributed by atoms with E-state index in [-0.39, 0.29) is 34.9 Å². The molecule has 1 saturated heterocycles. The summed E-state index contributed by atoms with van der Waals surface area (Å²) in [6, 6.07) is 3.05. The molecule has 1 heterocycles. The van der Waals surface area contributed by atoms with Gasteiger partial charge in [-0.05, 0) is 50.3 Å². The van der Waals surface area contributed by atoms with Crippen LogP contribution in [0, 0.1) is 0 Å². The largest absolute Gasteiger partial charge is 0.417 e. The lowest BCUT2D eigenvalue weighted by molar-refractivity contribution is -0.139. The lowest BCUT2D eigenvalue weighted by atomic mass is 10.2. The molecule has 28 heavy (non-hydrogen) atoms. The molecule has 1 aromatic rings. The van der Waals surface area contributed by atoms with Crippen LogP contribution in [0.15, 0.2) is 27.6 Å². The molecule has 0 N–H and O–H groups in total. The highest BCUT2D eigenvalue weighted by Crippen LogP contribution is 2.40. The van der Waals surface area contributed by atoms with Crippen molar-refractivity contribution in [2.75, 3.05) is 11.5 Å². The van der Waals surface area contributed by atoms with Gasteiger partial charge < -0.3 is 4.74 Å². The third kappa shape index (κ3) is 4.91. The molecule has 0 radical (unpaired) electrons. The van der Waals surface area contributed by atoms with Crippen molar-refractivity contribution in [3.63, 3.8) is 0 Å². The van der Waals surface area contributed by atoms with Gasteiger partial charge in [-0.3, -0.25) is 0 Å². The lowest BCUT2D eigenvalue weighted by Crippen LogP contribution is -2.31. The Hall–Kier alpha value is -0.650. The summed E-state index contributed by atoms with van der Waals surface area (Å²) < 4.78 is 94.8. The van der Waals surface area contributed by atoms with Crippen LogP contribution >= 0.6 is 15.9 Å². The molecule has 0 bridgehead atoms. The summed E-state index contributed by atoms with van der Waals surface area (Å²) in [6.07, 6.45) is -3.96. The topological polar surface area (TPSA) is 77.5 Å². The summed E-state index contributed by atoms with van der Waals surface area (Å²) in [5, 5.41) is -0.952. The van der Waals surface area contributed by atoms with Crippen LogP contribution < -0.4 is 0 Å². The molecule has 3 rings (SSSR count). The number of hydrogen-bond donors (Lipinski definition) is 0. The van der Waals surface area contributed by atoms with Gasteiger partial charge in [-0.1, -0.05) is 15.9 Å². The number of benzene rings is 1. The van der Waals surface area contributed by atoms with E-state index in [0.29, 0.717) is 19.3 Å². The van der Waals surface area contributed by atoms with Gasteiger partial charge in [-0.15, -0.1) is 0 Å². The first kappa shape index (κ1) is 22.0. The Labute approximate surface area is 170 Å². The van der Waals surface area contributed by atoms with Gasteiger partial charge in [-0.25, -0.2) is 16.8 Å². The van der Waals surface area contributed by atoms with Crippen molar-refractivity contribution in [3.8, 4) is 0 Å². The Kier molecular flexibility index (Phi) is 6.21. The van der Waals surface area contributed by atoms with Crippen molar-refractivity contribution in [1.29, 1.82) is 0 Å². The Morgan fingerprint density at radius 1 is 1.04 bits per heavy atom. The Morgan fingerprint density at radius 2 is 1.68 bits per heavy atom. The van der Waals surface area contributed by atoms with E-state index in [2.05, 4.69) is 15.9 Å². The van der Waals surface area contributed by atoms with E-state index in [4.69, 9.17) is 4.74 Å². The SMILES string of the molecule is O=S1(=O)CCC(O[C@@H]2CC[C@@H](S(=O)(=O)c3ccc(Br)cc3C(F)(F)F)C2)CC1. The van der Waals surface area contributed by atoms with E-state index in [1.807, 2.05) is 0 Å². The van der Waals surface area contributed by atoms with Gasteiger partial charge in [0.25, 0.3) is 0 Å². The number of sulfone groups is 2. The van der Waals surface area contributed by atoms with E-state index in [1.165, 1.54) is 6.07 Å². The summed E-state index contributed by atoms with van der Waals surface area (Å²) in [5.74, 6) is 0.0832. The number of hydrogen-bond acceptors (Lipinski definition) is 5. The minimum absolute atomic E-state index is 0.0416. The maximum Gasteiger partial charge on any atom is 0.417 e.